The van der Waals surface area contributed by atoms with E-state index < -0.39 is 35.5 Å². The molecular weight excluding hydrogens is 636 g/mol. The standard InChI is InChI=1S/C38H60N6O6/c1-37(2,3)49-35(47)43-19-7-9-31(43)33(45)41-29-21-25(15-17-27(29)39)23-11-13-24(14-12-23)26-16-18-28(40)30(22-26)42-34(46)32-10-8-20-44(32)36(48)50-38(4,5)6/h11,15-16,24,27-32H,7-10,12-14,17-22,39-40H2,1-6H3,(H,41,45)(H,42,46). The second-order valence-electron chi connectivity index (χ2n) is 16.8. The Morgan fingerprint density at radius 1 is 0.680 bits per heavy atom. The second kappa shape index (κ2) is 15.5. The number of carbonyl (C=O) groups excluding carboxylic acids is 4. The van der Waals surface area contributed by atoms with Gasteiger partial charge in [-0.2, -0.15) is 0 Å². The number of carbonyl (C=O) groups is 4. The number of hydrogen-bond acceptors (Lipinski definition) is 8. The van der Waals surface area contributed by atoms with Crippen LogP contribution in [-0.4, -0.2) is 94.3 Å². The fraction of sp³-hybridized carbons (Fsp3) is 0.737. The van der Waals surface area contributed by atoms with Crippen molar-refractivity contribution in [2.24, 2.45) is 17.4 Å². The molecule has 50 heavy (non-hydrogen) atoms. The summed E-state index contributed by atoms with van der Waals surface area (Å²) < 4.78 is 11.1. The molecule has 0 radical (unpaired) electrons. The summed E-state index contributed by atoms with van der Waals surface area (Å²) in [5, 5.41) is 6.38. The van der Waals surface area contributed by atoms with E-state index in [1.165, 1.54) is 16.7 Å². The maximum absolute atomic E-state index is 13.4. The third-order valence-corrected chi connectivity index (χ3v) is 10.6. The van der Waals surface area contributed by atoms with Gasteiger partial charge in [-0.3, -0.25) is 19.4 Å². The lowest BCUT2D eigenvalue weighted by Crippen LogP contribution is -2.55. The van der Waals surface area contributed by atoms with Crippen LogP contribution < -0.4 is 22.1 Å². The Morgan fingerprint density at radius 2 is 1.16 bits per heavy atom. The Morgan fingerprint density at radius 3 is 1.64 bits per heavy atom. The summed E-state index contributed by atoms with van der Waals surface area (Å²) in [7, 11) is 0. The van der Waals surface area contributed by atoms with E-state index >= 15 is 0 Å². The lowest BCUT2D eigenvalue weighted by molar-refractivity contribution is -0.127. The van der Waals surface area contributed by atoms with Gasteiger partial charge in [-0.05, 0) is 129 Å². The third kappa shape index (κ3) is 9.48. The zero-order valence-electron chi connectivity index (χ0n) is 31.0. The first kappa shape index (κ1) is 37.9. The molecule has 12 heteroatoms. The molecule has 0 saturated carbocycles. The largest absolute Gasteiger partial charge is 0.444 e. The number of likely N-dealkylation sites (tertiary alicyclic amines) is 2. The zero-order valence-corrected chi connectivity index (χ0v) is 31.0. The number of amides is 4. The summed E-state index contributed by atoms with van der Waals surface area (Å²) in [5.74, 6) is 0.0521. The molecule has 6 N–H and O–H groups in total. The Balaban J connectivity index is 1.14. The van der Waals surface area contributed by atoms with E-state index in [9.17, 15) is 19.2 Å². The van der Waals surface area contributed by atoms with Crippen LogP contribution in [0.4, 0.5) is 9.59 Å². The first-order valence-electron chi connectivity index (χ1n) is 18.7. The lowest BCUT2D eigenvalue weighted by Gasteiger charge is -2.36. The maximum atomic E-state index is 13.4. The molecule has 7 atom stereocenters. The molecule has 2 aliphatic heterocycles. The molecule has 0 aromatic heterocycles. The number of ether oxygens (including phenoxy) is 2. The quantitative estimate of drug-likeness (QED) is 0.293. The summed E-state index contributed by atoms with van der Waals surface area (Å²) in [6, 6.07) is -1.86. The van der Waals surface area contributed by atoms with E-state index in [0.29, 0.717) is 57.5 Å². The van der Waals surface area contributed by atoms with Crippen molar-refractivity contribution < 1.29 is 28.7 Å². The minimum Gasteiger partial charge on any atom is -0.444 e. The van der Waals surface area contributed by atoms with Gasteiger partial charge < -0.3 is 31.6 Å². The van der Waals surface area contributed by atoms with Crippen molar-refractivity contribution in [3.8, 4) is 0 Å². The first-order valence-corrected chi connectivity index (χ1v) is 18.7. The van der Waals surface area contributed by atoms with Gasteiger partial charge in [-0.25, -0.2) is 9.59 Å². The Kier molecular flexibility index (Phi) is 11.7. The van der Waals surface area contributed by atoms with Crippen LogP contribution in [-0.2, 0) is 19.1 Å². The molecule has 2 heterocycles. The number of allylic oxidation sites excluding steroid dienone is 2. The molecule has 12 nitrogen and oxygen atoms in total. The molecule has 2 fully saturated rings. The van der Waals surface area contributed by atoms with Gasteiger partial charge in [0.25, 0.3) is 0 Å². The van der Waals surface area contributed by atoms with Crippen LogP contribution in [0.1, 0.15) is 112 Å². The van der Waals surface area contributed by atoms with Gasteiger partial charge in [0.1, 0.15) is 23.3 Å². The molecular formula is C38H60N6O6. The van der Waals surface area contributed by atoms with Crippen molar-refractivity contribution in [1.82, 2.24) is 20.4 Å². The topological polar surface area (TPSA) is 169 Å². The van der Waals surface area contributed by atoms with E-state index in [1.54, 1.807) is 9.80 Å². The van der Waals surface area contributed by atoms with Gasteiger partial charge in [0, 0.05) is 37.3 Å². The van der Waals surface area contributed by atoms with Crippen molar-refractivity contribution in [2.75, 3.05) is 13.1 Å². The molecule has 0 spiro atoms. The normalized spacial score (nSPS) is 30.6. The van der Waals surface area contributed by atoms with Crippen LogP contribution in [0.25, 0.3) is 0 Å². The smallest absolute Gasteiger partial charge is 0.410 e. The number of nitrogens with two attached hydrogens (primary N) is 2. The fourth-order valence-corrected chi connectivity index (χ4v) is 7.94. The van der Waals surface area contributed by atoms with Crippen molar-refractivity contribution >= 4 is 24.0 Å². The molecule has 3 aliphatic carbocycles. The van der Waals surface area contributed by atoms with Crippen LogP contribution in [0, 0.1) is 5.92 Å². The second-order valence-corrected chi connectivity index (χ2v) is 16.8. The highest BCUT2D eigenvalue weighted by atomic mass is 16.6. The average Bonchev–Trinajstić information content (AvgIpc) is 3.73. The Labute approximate surface area is 297 Å². The average molecular weight is 697 g/mol. The van der Waals surface area contributed by atoms with Gasteiger partial charge in [-0.1, -0.05) is 23.8 Å². The lowest BCUT2D eigenvalue weighted by atomic mass is 9.75. The molecule has 7 unspecified atom stereocenters. The predicted octanol–water partition coefficient (Wildman–Crippen LogP) is 4.58. The van der Waals surface area contributed by atoms with E-state index in [1.807, 2.05) is 41.5 Å². The highest BCUT2D eigenvalue weighted by Gasteiger charge is 2.40. The molecule has 0 aromatic carbocycles. The van der Waals surface area contributed by atoms with Crippen molar-refractivity contribution in [2.45, 2.75) is 160 Å². The molecule has 2 saturated heterocycles. The summed E-state index contributed by atoms with van der Waals surface area (Å²) in [6.07, 6.45) is 14.2. The summed E-state index contributed by atoms with van der Waals surface area (Å²) >= 11 is 0. The van der Waals surface area contributed by atoms with Crippen LogP contribution in [0.3, 0.4) is 0 Å². The number of hydrogen-bond donors (Lipinski definition) is 4. The van der Waals surface area contributed by atoms with Crippen molar-refractivity contribution in [3.05, 3.63) is 34.9 Å². The minimum atomic E-state index is -0.626. The monoisotopic (exact) mass is 696 g/mol. The third-order valence-electron chi connectivity index (χ3n) is 10.6. The Hall–Kier alpha value is -3.38. The van der Waals surface area contributed by atoms with Gasteiger partial charge in [0.15, 0.2) is 0 Å². The van der Waals surface area contributed by atoms with Crippen molar-refractivity contribution in [3.63, 3.8) is 0 Å². The predicted molar refractivity (Wildman–Crippen MR) is 192 cm³/mol. The first-order chi connectivity index (χ1) is 23.5. The van der Waals surface area contributed by atoms with E-state index in [2.05, 4.69) is 28.9 Å². The van der Waals surface area contributed by atoms with Gasteiger partial charge in [-0.15, -0.1) is 0 Å². The molecule has 0 bridgehead atoms. The molecule has 0 aromatic rings. The molecule has 5 rings (SSSR count). The van der Waals surface area contributed by atoms with E-state index in [0.717, 1.165) is 32.1 Å². The van der Waals surface area contributed by atoms with Crippen LogP contribution in [0.2, 0.25) is 0 Å². The van der Waals surface area contributed by atoms with Gasteiger partial charge in [0.05, 0.1) is 0 Å². The molecule has 5 aliphatic rings. The van der Waals surface area contributed by atoms with E-state index in [4.69, 9.17) is 20.9 Å². The fourth-order valence-electron chi connectivity index (χ4n) is 7.94. The maximum Gasteiger partial charge on any atom is 0.410 e. The molecule has 4 amide bonds. The van der Waals surface area contributed by atoms with Crippen LogP contribution in [0.5, 0.6) is 0 Å². The summed E-state index contributed by atoms with van der Waals surface area (Å²) in [6.45, 7) is 12.0. The van der Waals surface area contributed by atoms with Crippen molar-refractivity contribution in [1.29, 1.82) is 0 Å². The highest BCUT2D eigenvalue weighted by Crippen LogP contribution is 2.38. The number of rotatable bonds is 6. The Bertz CT molecular complexity index is 1390. The summed E-state index contributed by atoms with van der Waals surface area (Å²) in [4.78, 5) is 55.5. The number of nitrogens with one attached hydrogen (secondary N) is 2. The highest BCUT2D eigenvalue weighted by molar-refractivity contribution is 5.87. The zero-order chi connectivity index (χ0) is 36.4. The van der Waals surface area contributed by atoms with E-state index in [-0.39, 0.29) is 36.0 Å². The summed E-state index contributed by atoms with van der Waals surface area (Å²) in [5.41, 5.74) is 15.6. The SMILES string of the molecule is CC(C)(C)OC(=O)N1CCCC1C(=O)NC1CC(C2=CCC(C3=CCC(N)C(NC(=O)C4CCCN4C(=O)OC(C)(C)C)C3)CC2)=CCC1N. The minimum absolute atomic E-state index is 0.157. The number of nitrogens with zero attached hydrogens (tertiary/aromatic N) is 2. The van der Waals surface area contributed by atoms with Gasteiger partial charge >= 0.3 is 12.2 Å². The van der Waals surface area contributed by atoms with Gasteiger partial charge in [0.2, 0.25) is 11.8 Å². The van der Waals surface area contributed by atoms with Crippen LogP contribution >= 0.6 is 0 Å². The molecule has 278 valence electrons. The van der Waals surface area contributed by atoms with Crippen LogP contribution in [0.15, 0.2) is 34.9 Å².